The summed E-state index contributed by atoms with van der Waals surface area (Å²) in [7, 11) is 0. The summed E-state index contributed by atoms with van der Waals surface area (Å²) in [6, 6.07) is 14.9. The highest BCUT2D eigenvalue weighted by Crippen LogP contribution is 2.30. The van der Waals surface area contributed by atoms with Crippen molar-refractivity contribution < 1.29 is 32.3 Å². The molecule has 2 aromatic carbocycles. The largest absolute Gasteiger partial charge is 0.573 e. The number of hydrogen-bond acceptors (Lipinski definition) is 5. The van der Waals surface area contributed by atoms with E-state index in [0.29, 0.717) is 12.1 Å². The van der Waals surface area contributed by atoms with Crippen molar-refractivity contribution in [2.45, 2.75) is 31.8 Å². The molecule has 0 radical (unpaired) electrons. The van der Waals surface area contributed by atoms with Crippen LogP contribution in [0.2, 0.25) is 0 Å². The number of amides is 5. The molecular weight excluding hydrogens is 491 g/mol. The SMILES string of the molecule is CC(c1ccnc(NC(=O)NCc2ccccc2)c1)C1NC(=O)N(c2ccc(OC(F)(F)F)cc2)C1=O. The minimum absolute atomic E-state index is 0.0962. The smallest absolute Gasteiger partial charge is 0.406 e. The summed E-state index contributed by atoms with van der Waals surface area (Å²) < 4.78 is 41.0. The monoisotopic (exact) mass is 513 g/mol. The molecule has 2 unspecified atom stereocenters. The van der Waals surface area contributed by atoms with Gasteiger partial charge < -0.3 is 15.4 Å². The van der Waals surface area contributed by atoms with Crippen LogP contribution in [0.15, 0.2) is 72.9 Å². The van der Waals surface area contributed by atoms with E-state index in [9.17, 15) is 27.6 Å². The van der Waals surface area contributed by atoms with Gasteiger partial charge in [-0.05, 0) is 47.5 Å². The van der Waals surface area contributed by atoms with Crippen molar-refractivity contribution in [1.29, 1.82) is 0 Å². The van der Waals surface area contributed by atoms with E-state index in [1.165, 1.54) is 18.3 Å². The van der Waals surface area contributed by atoms with Crippen molar-refractivity contribution in [3.05, 3.63) is 84.1 Å². The summed E-state index contributed by atoms with van der Waals surface area (Å²) in [4.78, 5) is 42.9. The number of nitrogens with zero attached hydrogens (tertiary/aromatic N) is 2. The highest BCUT2D eigenvalue weighted by molar-refractivity contribution is 6.21. The zero-order valence-electron chi connectivity index (χ0n) is 19.5. The second kappa shape index (κ2) is 10.6. The average molecular weight is 513 g/mol. The van der Waals surface area contributed by atoms with E-state index in [-0.39, 0.29) is 11.5 Å². The van der Waals surface area contributed by atoms with E-state index in [0.717, 1.165) is 22.6 Å². The number of urea groups is 2. The Labute approximate surface area is 209 Å². The molecule has 37 heavy (non-hydrogen) atoms. The molecule has 0 aliphatic carbocycles. The number of benzene rings is 2. The molecule has 0 spiro atoms. The van der Waals surface area contributed by atoms with Gasteiger partial charge in [0.2, 0.25) is 0 Å². The summed E-state index contributed by atoms with van der Waals surface area (Å²) in [5.74, 6) is -1.30. The molecule has 192 valence electrons. The van der Waals surface area contributed by atoms with Gasteiger partial charge in [-0.2, -0.15) is 0 Å². The first-order valence-corrected chi connectivity index (χ1v) is 11.2. The number of rotatable bonds is 7. The molecule has 12 heteroatoms. The molecule has 1 aliphatic rings. The Hall–Kier alpha value is -4.61. The number of hydrogen-bond donors (Lipinski definition) is 3. The van der Waals surface area contributed by atoms with Gasteiger partial charge in [-0.3, -0.25) is 10.1 Å². The standard InChI is InChI=1S/C25H22F3N5O4/c1-15(17-11-12-29-20(13-17)31-23(35)30-14-16-5-3-2-4-6-16)21-22(34)33(24(36)32-21)18-7-9-19(10-8-18)37-25(26,27)28/h2-13,15,21H,14H2,1H3,(H,32,36)(H2,29,30,31,35). The average Bonchev–Trinajstić information content (AvgIpc) is 3.16. The molecule has 0 saturated carbocycles. The fourth-order valence-electron chi connectivity index (χ4n) is 3.81. The van der Waals surface area contributed by atoms with Crippen molar-refractivity contribution >= 4 is 29.5 Å². The Kier molecular flexibility index (Phi) is 7.27. The summed E-state index contributed by atoms with van der Waals surface area (Å²) >= 11 is 0. The molecular formula is C25H22F3N5O4. The first-order valence-electron chi connectivity index (χ1n) is 11.2. The lowest BCUT2D eigenvalue weighted by Crippen LogP contribution is -2.35. The van der Waals surface area contributed by atoms with Crippen LogP contribution in [0.3, 0.4) is 0 Å². The summed E-state index contributed by atoms with van der Waals surface area (Å²) in [5, 5.41) is 7.97. The van der Waals surface area contributed by atoms with E-state index in [1.54, 1.807) is 19.1 Å². The van der Waals surface area contributed by atoms with Gasteiger partial charge in [-0.15, -0.1) is 13.2 Å². The zero-order valence-corrected chi connectivity index (χ0v) is 19.5. The van der Waals surface area contributed by atoms with Crippen LogP contribution in [0.1, 0.15) is 24.0 Å². The Morgan fingerprint density at radius 2 is 1.81 bits per heavy atom. The molecule has 0 bridgehead atoms. The summed E-state index contributed by atoms with van der Waals surface area (Å²) in [5.41, 5.74) is 1.65. The minimum atomic E-state index is -4.86. The van der Waals surface area contributed by atoms with E-state index in [4.69, 9.17) is 0 Å². The van der Waals surface area contributed by atoms with E-state index < -0.39 is 42.0 Å². The van der Waals surface area contributed by atoms with Crippen molar-refractivity contribution in [3.63, 3.8) is 0 Å². The number of halogens is 3. The van der Waals surface area contributed by atoms with Gasteiger partial charge in [0.1, 0.15) is 17.6 Å². The molecule has 3 N–H and O–H groups in total. The highest BCUT2D eigenvalue weighted by Gasteiger charge is 2.42. The van der Waals surface area contributed by atoms with Gasteiger partial charge in [-0.1, -0.05) is 37.3 Å². The second-order valence-corrected chi connectivity index (χ2v) is 8.20. The third-order valence-corrected chi connectivity index (χ3v) is 5.64. The molecule has 1 fully saturated rings. The Morgan fingerprint density at radius 3 is 2.49 bits per heavy atom. The van der Waals surface area contributed by atoms with Crippen molar-refractivity contribution in [2.75, 3.05) is 10.2 Å². The quantitative estimate of drug-likeness (QED) is 0.402. The van der Waals surface area contributed by atoms with E-state index >= 15 is 0 Å². The molecule has 5 amide bonds. The number of carbonyl (C=O) groups excluding carboxylic acids is 3. The molecule has 1 aromatic heterocycles. The molecule has 4 rings (SSSR count). The summed E-state index contributed by atoms with van der Waals surface area (Å²) in [6.07, 6.45) is -3.39. The van der Waals surface area contributed by atoms with E-state index in [2.05, 4.69) is 25.7 Å². The Bertz CT molecular complexity index is 1290. The third kappa shape index (κ3) is 6.34. The number of alkyl halides is 3. The predicted molar refractivity (Wildman–Crippen MR) is 128 cm³/mol. The van der Waals surface area contributed by atoms with Crippen molar-refractivity contribution in [2.24, 2.45) is 0 Å². The fraction of sp³-hybridized carbons (Fsp3) is 0.200. The van der Waals surface area contributed by atoms with Crippen LogP contribution in [-0.4, -0.2) is 35.4 Å². The Morgan fingerprint density at radius 1 is 1.11 bits per heavy atom. The van der Waals surface area contributed by atoms with Gasteiger partial charge in [0, 0.05) is 18.7 Å². The number of carbonyl (C=O) groups is 3. The van der Waals surface area contributed by atoms with Crippen molar-refractivity contribution in [3.8, 4) is 5.75 Å². The number of imide groups is 1. The summed E-state index contributed by atoms with van der Waals surface area (Å²) in [6.45, 7) is 2.05. The fourth-order valence-corrected chi connectivity index (χ4v) is 3.81. The van der Waals surface area contributed by atoms with Gasteiger partial charge in [0.05, 0.1) is 5.69 Å². The minimum Gasteiger partial charge on any atom is -0.406 e. The van der Waals surface area contributed by atoms with Crippen LogP contribution in [0, 0.1) is 0 Å². The first kappa shape index (κ1) is 25.5. The number of aromatic nitrogens is 1. The van der Waals surface area contributed by atoms with Gasteiger partial charge >= 0.3 is 18.4 Å². The number of pyridine rings is 1. The van der Waals surface area contributed by atoms with Crippen LogP contribution < -0.4 is 25.6 Å². The van der Waals surface area contributed by atoms with Gasteiger partial charge in [0.15, 0.2) is 0 Å². The van der Waals surface area contributed by atoms with E-state index in [1.807, 2.05) is 30.3 Å². The maximum Gasteiger partial charge on any atom is 0.573 e. The van der Waals surface area contributed by atoms with Crippen molar-refractivity contribution in [1.82, 2.24) is 15.6 Å². The normalized spacial score (nSPS) is 16.2. The molecule has 2 atom stereocenters. The Balaban J connectivity index is 1.41. The zero-order chi connectivity index (χ0) is 26.6. The molecule has 3 aromatic rings. The highest BCUT2D eigenvalue weighted by atomic mass is 19.4. The van der Waals surface area contributed by atoms with Gasteiger partial charge in [-0.25, -0.2) is 19.5 Å². The van der Waals surface area contributed by atoms with Crippen LogP contribution in [-0.2, 0) is 11.3 Å². The second-order valence-electron chi connectivity index (χ2n) is 8.20. The van der Waals surface area contributed by atoms with Crippen LogP contribution >= 0.6 is 0 Å². The predicted octanol–water partition coefficient (Wildman–Crippen LogP) is 4.53. The van der Waals surface area contributed by atoms with Gasteiger partial charge in [0.25, 0.3) is 5.91 Å². The maximum absolute atomic E-state index is 13.1. The molecule has 1 saturated heterocycles. The molecule has 2 heterocycles. The lowest BCUT2D eigenvalue weighted by atomic mass is 9.94. The number of ether oxygens (including phenoxy) is 1. The molecule has 1 aliphatic heterocycles. The third-order valence-electron chi connectivity index (χ3n) is 5.64. The van der Waals surface area contributed by atoms with Crippen LogP contribution in [0.4, 0.5) is 34.3 Å². The number of nitrogens with one attached hydrogen (secondary N) is 3. The lowest BCUT2D eigenvalue weighted by molar-refractivity contribution is -0.274. The molecule has 9 nitrogen and oxygen atoms in total. The topological polar surface area (TPSA) is 113 Å². The lowest BCUT2D eigenvalue weighted by Gasteiger charge is -2.19. The maximum atomic E-state index is 13.1. The first-order chi connectivity index (χ1) is 17.6. The van der Waals surface area contributed by atoms with Crippen LogP contribution in [0.5, 0.6) is 5.75 Å². The number of anilines is 2. The van der Waals surface area contributed by atoms with Crippen LogP contribution in [0.25, 0.3) is 0 Å².